The Hall–Kier alpha value is -2.44. The summed E-state index contributed by atoms with van der Waals surface area (Å²) in [4.78, 5) is 27.8. The summed E-state index contributed by atoms with van der Waals surface area (Å²) in [6.07, 6.45) is 3.55. The molecular weight excluding hydrogens is 412 g/mol. The van der Waals surface area contributed by atoms with E-state index in [0.29, 0.717) is 37.5 Å². The molecule has 33 heavy (non-hydrogen) atoms. The SMILES string of the molecule is CC.CCC(CC)CN1CC[C@@H](CNC(=O)c2ccc3ccccc3c2)N[C@@H](CCN)C1=O. The molecule has 0 radical (unpaired) electrons. The Balaban J connectivity index is 0.00000187. The van der Waals surface area contributed by atoms with Crippen LogP contribution >= 0.6 is 0 Å². The number of carbonyl (C=O) groups is 2. The van der Waals surface area contributed by atoms with Gasteiger partial charge in [0.25, 0.3) is 5.91 Å². The predicted molar refractivity (Wildman–Crippen MR) is 137 cm³/mol. The minimum absolute atomic E-state index is 0.0385. The fraction of sp³-hybridized carbons (Fsp3) is 0.556. The van der Waals surface area contributed by atoms with Crippen LogP contribution in [-0.4, -0.2) is 55.0 Å². The second kappa shape index (κ2) is 14.0. The zero-order valence-electron chi connectivity index (χ0n) is 20.8. The highest BCUT2D eigenvalue weighted by molar-refractivity contribution is 5.98. The van der Waals surface area contributed by atoms with Crippen molar-refractivity contribution in [3.63, 3.8) is 0 Å². The van der Waals surface area contributed by atoms with E-state index in [1.54, 1.807) is 0 Å². The van der Waals surface area contributed by atoms with Crippen LogP contribution in [0.4, 0.5) is 0 Å². The van der Waals surface area contributed by atoms with Gasteiger partial charge in [0.15, 0.2) is 0 Å². The van der Waals surface area contributed by atoms with Gasteiger partial charge in [0.05, 0.1) is 6.04 Å². The molecule has 2 amide bonds. The van der Waals surface area contributed by atoms with Crippen LogP contribution in [0.15, 0.2) is 42.5 Å². The molecule has 6 nitrogen and oxygen atoms in total. The Labute approximate surface area is 199 Å². The van der Waals surface area contributed by atoms with Gasteiger partial charge < -0.3 is 21.3 Å². The lowest BCUT2D eigenvalue weighted by molar-refractivity contribution is -0.133. The monoisotopic (exact) mass is 454 g/mol. The standard InChI is InChI=1S/C25H36N4O2.C2H6/c1-3-18(4-2)17-29-14-12-22(28-23(11-13-26)25(29)31)16-27-24(30)21-10-9-19-7-5-6-8-20(19)15-21;1-2/h5-10,15,18,22-23,28H,3-4,11-14,16-17,26H2,1-2H3,(H,27,30);1-2H3/t22-,23-;/m0./s1. The van der Waals surface area contributed by atoms with Crippen LogP contribution in [0.25, 0.3) is 10.8 Å². The summed E-state index contributed by atoms with van der Waals surface area (Å²) in [6.45, 7) is 10.8. The highest BCUT2D eigenvalue weighted by Gasteiger charge is 2.31. The van der Waals surface area contributed by atoms with Gasteiger partial charge in [0.2, 0.25) is 5.91 Å². The third kappa shape index (κ3) is 7.54. The Morgan fingerprint density at radius 1 is 1.15 bits per heavy atom. The van der Waals surface area contributed by atoms with Gasteiger partial charge in [-0.05, 0) is 48.2 Å². The van der Waals surface area contributed by atoms with E-state index in [1.807, 2.05) is 61.2 Å². The van der Waals surface area contributed by atoms with Gasteiger partial charge in [-0.15, -0.1) is 0 Å². The maximum atomic E-state index is 13.1. The number of rotatable bonds is 9. The fourth-order valence-electron chi connectivity index (χ4n) is 4.30. The maximum Gasteiger partial charge on any atom is 0.251 e. The van der Waals surface area contributed by atoms with Crippen LogP contribution in [0, 0.1) is 5.92 Å². The molecule has 0 saturated carbocycles. The van der Waals surface area contributed by atoms with E-state index in [9.17, 15) is 9.59 Å². The summed E-state index contributed by atoms with van der Waals surface area (Å²) in [5.41, 5.74) is 6.43. The van der Waals surface area contributed by atoms with E-state index in [4.69, 9.17) is 5.73 Å². The Bertz CT molecular complexity index is 881. The highest BCUT2D eigenvalue weighted by Crippen LogP contribution is 2.17. The number of hydrogen-bond donors (Lipinski definition) is 3. The first-order valence-corrected chi connectivity index (χ1v) is 12.6. The molecular formula is C27H42N4O2. The number of nitrogens with two attached hydrogens (primary N) is 1. The molecule has 6 heteroatoms. The topological polar surface area (TPSA) is 87.5 Å². The van der Waals surface area contributed by atoms with Gasteiger partial charge >= 0.3 is 0 Å². The predicted octanol–water partition coefficient (Wildman–Crippen LogP) is 3.94. The summed E-state index contributed by atoms with van der Waals surface area (Å²) in [6, 6.07) is 13.5. The van der Waals surface area contributed by atoms with Gasteiger partial charge in [0.1, 0.15) is 0 Å². The van der Waals surface area contributed by atoms with Gasteiger partial charge in [-0.2, -0.15) is 0 Å². The van der Waals surface area contributed by atoms with Crippen molar-refractivity contribution >= 4 is 22.6 Å². The van der Waals surface area contributed by atoms with Crippen molar-refractivity contribution in [1.29, 1.82) is 0 Å². The van der Waals surface area contributed by atoms with Gasteiger partial charge in [-0.3, -0.25) is 9.59 Å². The van der Waals surface area contributed by atoms with E-state index < -0.39 is 0 Å². The first-order valence-electron chi connectivity index (χ1n) is 12.6. The summed E-state index contributed by atoms with van der Waals surface area (Å²) in [5, 5.41) is 8.68. The summed E-state index contributed by atoms with van der Waals surface area (Å²) in [5.74, 6) is 0.569. The largest absolute Gasteiger partial charge is 0.350 e. The maximum absolute atomic E-state index is 13.1. The number of nitrogens with zero attached hydrogens (tertiary/aromatic N) is 1. The lowest BCUT2D eigenvalue weighted by atomic mass is 10.0. The number of fused-ring (bicyclic) bond motifs is 1. The lowest BCUT2D eigenvalue weighted by Crippen LogP contribution is -2.50. The van der Waals surface area contributed by atoms with E-state index in [1.165, 1.54) is 0 Å². The minimum Gasteiger partial charge on any atom is -0.350 e. The second-order valence-electron chi connectivity index (χ2n) is 8.52. The van der Waals surface area contributed by atoms with Crippen molar-refractivity contribution in [3.8, 4) is 0 Å². The molecule has 0 aromatic heterocycles. The molecule has 1 aliphatic rings. The Morgan fingerprint density at radius 3 is 2.52 bits per heavy atom. The molecule has 0 unspecified atom stereocenters. The molecule has 3 rings (SSSR count). The van der Waals surface area contributed by atoms with Gasteiger partial charge in [-0.25, -0.2) is 0 Å². The third-order valence-electron chi connectivity index (χ3n) is 6.40. The first kappa shape index (κ1) is 26.8. The average Bonchev–Trinajstić information content (AvgIpc) is 3.00. The van der Waals surface area contributed by atoms with Gasteiger partial charge in [0, 0.05) is 31.2 Å². The quantitative estimate of drug-likeness (QED) is 0.536. The van der Waals surface area contributed by atoms with Crippen LogP contribution < -0.4 is 16.4 Å². The number of carbonyl (C=O) groups excluding carboxylic acids is 2. The first-order chi connectivity index (χ1) is 16.0. The van der Waals surface area contributed by atoms with E-state index in [-0.39, 0.29) is 23.9 Å². The van der Waals surface area contributed by atoms with Crippen molar-refractivity contribution in [3.05, 3.63) is 48.0 Å². The molecule has 0 bridgehead atoms. The molecule has 2 aromatic carbocycles. The number of amides is 2. The average molecular weight is 455 g/mol. The Morgan fingerprint density at radius 2 is 1.85 bits per heavy atom. The smallest absolute Gasteiger partial charge is 0.251 e. The van der Waals surface area contributed by atoms with Crippen LogP contribution in [0.5, 0.6) is 0 Å². The molecule has 1 fully saturated rings. The number of benzene rings is 2. The Kier molecular flexibility index (Phi) is 11.3. The molecule has 2 aromatic rings. The summed E-state index contributed by atoms with van der Waals surface area (Å²) < 4.78 is 0. The second-order valence-corrected chi connectivity index (χ2v) is 8.52. The van der Waals surface area contributed by atoms with Gasteiger partial charge in [-0.1, -0.05) is 70.9 Å². The van der Waals surface area contributed by atoms with Crippen LogP contribution in [0.2, 0.25) is 0 Å². The molecule has 1 aliphatic heterocycles. The van der Waals surface area contributed by atoms with Crippen molar-refractivity contribution in [1.82, 2.24) is 15.5 Å². The minimum atomic E-state index is -0.288. The van der Waals surface area contributed by atoms with Crippen molar-refractivity contribution in [2.24, 2.45) is 11.7 Å². The molecule has 0 aliphatic carbocycles. The molecule has 0 spiro atoms. The molecule has 2 atom stereocenters. The lowest BCUT2D eigenvalue weighted by Gasteiger charge is -2.27. The number of hydrogen-bond acceptors (Lipinski definition) is 4. The fourth-order valence-corrected chi connectivity index (χ4v) is 4.30. The van der Waals surface area contributed by atoms with Crippen LogP contribution in [-0.2, 0) is 4.79 Å². The zero-order chi connectivity index (χ0) is 24.2. The van der Waals surface area contributed by atoms with Crippen molar-refractivity contribution in [2.45, 2.75) is 65.5 Å². The normalized spacial score (nSPS) is 18.6. The zero-order valence-corrected chi connectivity index (χ0v) is 20.8. The van der Waals surface area contributed by atoms with E-state index in [2.05, 4.69) is 24.5 Å². The highest BCUT2D eigenvalue weighted by atomic mass is 16.2. The third-order valence-corrected chi connectivity index (χ3v) is 6.40. The molecule has 1 heterocycles. The summed E-state index contributed by atoms with van der Waals surface area (Å²) in [7, 11) is 0. The van der Waals surface area contributed by atoms with E-state index in [0.717, 1.165) is 36.6 Å². The molecule has 4 N–H and O–H groups in total. The van der Waals surface area contributed by atoms with Crippen molar-refractivity contribution in [2.75, 3.05) is 26.2 Å². The summed E-state index contributed by atoms with van der Waals surface area (Å²) >= 11 is 0. The molecule has 182 valence electrons. The van der Waals surface area contributed by atoms with Crippen LogP contribution in [0.1, 0.15) is 63.7 Å². The molecule has 1 saturated heterocycles. The number of nitrogens with one attached hydrogen (secondary N) is 2. The van der Waals surface area contributed by atoms with E-state index >= 15 is 0 Å². The van der Waals surface area contributed by atoms with Crippen molar-refractivity contribution < 1.29 is 9.59 Å². The van der Waals surface area contributed by atoms with Crippen LogP contribution in [0.3, 0.4) is 0 Å².